The predicted octanol–water partition coefficient (Wildman–Crippen LogP) is 5.05. The summed E-state index contributed by atoms with van der Waals surface area (Å²) < 4.78 is 32.3. The van der Waals surface area contributed by atoms with Gasteiger partial charge in [-0.3, -0.25) is 0 Å². The zero-order chi connectivity index (χ0) is 37.9. The first kappa shape index (κ1) is 37.6. The van der Waals surface area contributed by atoms with Crippen molar-refractivity contribution < 1.29 is 33.9 Å². The van der Waals surface area contributed by atoms with E-state index in [1.165, 1.54) is 0 Å². The summed E-state index contributed by atoms with van der Waals surface area (Å²) in [6, 6.07) is 40.7. The molecule has 0 amide bonds. The largest absolute Gasteiger partial charge is 0.394 e. The van der Waals surface area contributed by atoms with Crippen LogP contribution in [0, 0.1) is 0 Å². The molecule has 6 aromatic rings. The van der Waals surface area contributed by atoms with Gasteiger partial charge in [0.2, 0.25) is 0 Å². The molecule has 10 heteroatoms. The molecule has 1 saturated heterocycles. The van der Waals surface area contributed by atoms with Crippen LogP contribution in [-0.4, -0.2) is 77.9 Å². The van der Waals surface area contributed by atoms with E-state index in [2.05, 4.69) is 48.5 Å². The van der Waals surface area contributed by atoms with E-state index < -0.39 is 61.0 Å². The Bertz CT molecular complexity index is 2210. The zero-order valence-electron chi connectivity index (χ0n) is 30.6. The van der Waals surface area contributed by atoms with E-state index in [9.17, 15) is 10.2 Å². The minimum atomic E-state index is -1.18. The Morgan fingerprint density at radius 1 is 0.564 bits per heavy atom. The number of nitrogens with two attached hydrogens (primary N) is 3. The first-order chi connectivity index (χ1) is 26.9. The van der Waals surface area contributed by atoms with Crippen LogP contribution in [0.15, 0.2) is 127 Å². The Kier molecular flexibility index (Phi) is 11.5. The van der Waals surface area contributed by atoms with E-state index in [-0.39, 0.29) is 26.4 Å². The molecule has 0 unspecified atom stereocenters. The number of ether oxygens (including phenoxy) is 5. The van der Waals surface area contributed by atoms with Gasteiger partial charge in [0.15, 0.2) is 6.29 Å². The summed E-state index contributed by atoms with van der Waals surface area (Å²) in [4.78, 5) is 0. The quantitative estimate of drug-likeness (QED) is 0.115. The molecule has 0 spiro atoms. The number of benzene rings is 6. The molecule has 0 aromatic heterocycles. The van der Waals surface area contributed by atoms with Crippen molar-refractivity contribution in [3.05, 3.63) is 144 Å². The summed E-state index contributed by atoms with van der Waals surface area (Å²) in [5.41, 5.74) is 23.0. The van der Waals surface area contributed by atoms with Gasteiger partial charge in [-0.25, -0.2) is 0 Å². The Balaban J connectivity index is 1.01. The molecular formula is C45H49N3O7. The molecule has 55 heavy (non-hydrogen) atoms. The number of hydrogen-bond acceptors (Lipinski definition) is 10. The predicted molar refractivity (Wildman–Crippen MR) is 213 cm³/mol. The lowest BCUT2D eigenvalue weighted by molar-refractivity contribution is -0.307. The van der Waals surface area contributed by atoms with Crippen molar-refractivity contribution in [1.29, 1.82) is 0 Å². The maximum atomic E-state index is 11.7. The zero-order valence-corrected chi connectivity index (χ0v) is 30.6. The lowest BCUT2D eigenvalue weighted by Crippen LogP contribution is -2.68. The van der Waals surface area contributed by atoms with Crippen LogP contribution < -0.4 is 17.2 Å². The lowest BCUT2D eigenvalue weighted by atomic mass is 9.84. The van der Waals surface area contributed by atoms with Crippen molar-refractivity contribution in [2.24, 2.45) is 17.2 Å². The molecule has 1 aliphatic heterocycles. The van der Waals surface area contributed by atoms with Crippen molar-refractivity contribution in [3.8, 4) is 0 Å². The van der Waals surface area contributed by atoms with Crippen LogP contribution in [0.1, 0.15) is 23.1 Å². The van der Waals surface area contributed by atoms with Crippen LogP contribution >= 0.6 is 0 Å². The Hall–Kier alpha value is -4.30. The van der Waals surface area contributed by atoms with Crippen molar-refractivity contribution in [1.82, 2.24) is 0 Å². The molecule has 2 fully saturated rings. The minimum absolute atomic E-state index is 0.231. The maximum absolute atomic E-state index is 11.7. The van der Waals surface area contributed by atoms with Gasteiger partial charge in [-0.2, -0.15) is 0 Å². The average molecular weight is 744 g/mol. The van der Waals surface area contributed by atoms with Gasteiger partial charge in [0.05, 0.1) is 32.5 Å². The normalized spacial score (nSPS) is 28.5. The Morgan fingerprint density at radius 3 is 1.76 bits per heavy atom. The SMILES string of the molecule is N[C@H]1[C@@H](O[C@H]2[C@H](O)[C@@H](OCc3cccc4ccccc34)[C@H](N)C[C@@H]2N)O[C@H](CO)[C@@H](OCc2ccc3ccccc3c2)[C@@H]1OCc1ccc2ccccc2c1. The van der Waals surface area contributed by atoms with E-state index in [1.807, 2.05) is 78.9 Å². The molecule has 8 N–H and O–H groups in total. The molecule has 286 valence electrons. The van der Waals surface area contributed by atoms with Gasteiger partial charge < -0.3 is 51.1 Å². The first-order valence-electron chi connectivity index (χ1n) is 19.0. The van der Waals surface area contributed by atoms with Gasteiger partial charge in [0.25, 0.3) is 0 Å². The highest BCUT2D eigenvalue weighted by Crippen LogP contribution is 2.32. The third kappa shape index (κ3) is 8.16. The highest BCUT2D eigenvalue weighted by molar-refractivity contribution is 5.86. The fourth-order valence-corrected chi connectivity index (χ4v) is 8.08. The molecule has 0 bridgehead atoms. The van der Waals surface area contributed by atoms with E-state index in [0.29, 0.717) is 6.42 Å². The van der Waals surface area contributed by atoms with Gasteiger partial charge in [-0.15, -0.1) is 0 Å². The van der Waals surface area contributed by atoms with Crippen LogP contribution in [0.4, 0.5) is 0 Å². The Morgan fingerprint density at radius 2 is 1.11 bits per heavy atom. The van der Waals surface area contributed by atoms with Gasteiger partial charge in [-0.1, -0.05) is 115 Å². The maximum Gasteiger partial charge on any atom is 0.176 e. The van der Waals surface area contributed by atoms with Crippen LogP contribution in [0.3, 0.4) is 0 Å². The smallest absolute Gasteiger partial charge is 0.176 e. The lowest BCUT2D eigenvalue weighted by Gasteiger charge is -2.48. The molecular weight excluding hydrogens is 695 g/mol. The van der Waals surface area contributed by atoms with Crippen molar-refractivity contribution in [3.63, 3.8) is 0 Å². The van der Waals surface area contributed by atoms with Crippen molar-refractivity contribution in [2.45, 2.75) is 87.3 Å². The van der Waals surface area contributed by atoms with Gasteiger partial charge in [-0.05, 0) is 67.6 Å². The standard InChI is InChI=1S/C45H49N3O7/c46-36-22-37(47)42(40(50)41(36)53-26-34-14-7-13-31-10-5-6-15-35(31)34)55-45-39(48)44(52-25-28-17-19-30-9-2-4-12-33(30)21-28)43(38(23-49)54-45)51-24-27-16-18-29-8-1-3-11-32(29)20-27/h1-21,36-45,49-50H,22-26,46-48H2/t36-,37+,38-,39-,40-,41+,42-,43-,44-,45-/m1/s1. The summed E-state index contributed by atoms with van der Waals surface area (Å²) in [5.74, 6) is 0. The molecule has 1 aliphatic carbocycles. The fraction of sp³-hybridized carbons (Fsp3) is 0.333. The van der Waals surface area contributed by atoms with E-state index in [1.54, 1.807) is 0 Å². The summed E-state index contributed by atoms with van der Waals surface area (Å²) >= 11 is 0. The highest BCUT2D eigenvalue weighted by atomic mass is 16.7. The second-order valence-corrected chi connectivity index (χ2v) is 14.8. The molecule has 2 aliphatic rings. The second-order valence-electron chi connectivity index (χ2n) is 14.8. The fourth-order valence-electron chi connectivity index (χ4n) is 8.08. The second kappa shape index (κ2) is 16.8. The summed E-state index contributed by atoms with van der Waals surface area (Å²) in [7, 11) is 0. The minimum Gasteiger partial charge on any atom is -0.394 e. The van der Waals surface area contributed by atoms with Gasteiger partial charge >= 0.3 is 0 Å². The molecule has 0 radical (unpaired) electrons. The van der Waals surface area contributed by atoms with E-state index in [4.69, 9.17) is 40.9 Å². The molecule has 1 saturated carbocycles. The van der Waals surface area contributed by atoms with Crippen LogP contribution in [0.25, 0.3) is 32.3 Å². The number of aliphatic hydroxyl groups is 2. The number of rotatable bonds is 12. The number of hydrogen-bond donors (Lipinski definition) is 5. The third-order valence-corrected chi connectivity index (χ3v) is 11.0. The average Bonchev–Trinajstić information content (AvgIpc) is 3.21. The monoisotopic (exact) mass is 743 g/mol. The number of aliphatic hydroxyl groups excluding tert-OH is 2. The molecule has 8 rings (SSSR count). The van der Waals surface area contributed by atoms with Crippen LogP contribution in [-0.2, 0) is 43.5 Å². The highest BCUT2D eigenvalue weighted by Gasteiger charge is 2.50. The third-order valence-electron chi connectivity index (χ3n) is 11.0. The molecule has 10 nitrogen and oxygen atoms in total. The van der Waals surface area contributed by atoms with E-state index in [0.717, 1.165) is 49.0 Å². The first-order valence-corrected chi connectivity index (χ1v) is 19.0. The molecule has 6 aromatic carbocycles. The topological polar surface area (TPSA) is 165 Å². The Labute approximate surface area is 320 Å². The summed E-state index contributed by atoms with van der Waals surface area (Å²) in [5, 5.41) is 29.0. The molecule has 1 heterocycles. The van der Waals surface area contributed by atoms with Crippen molar-refractivity contribution >= 4 is 32.3 Å². The van der Waals surface area contributed by atoms with Crippen LogP contribution in [0.5, 0.6) is 0 Å². The van der Waals surface area contributed by atoms with Gasteiger partial charge in [0.1, 0.15) is 36.6 Å². The summed E-state index contributed by atoms with van der Waals surface area (Å²) in [6.07, 6.45) is -6.01. The van der Waals surface area contributed by atoms with Crippen molar-refractivity contribution in [2.75, 3.05) is 6.61 Å². The molecule has 10 atom stereocenters. The number of fused-ring (bicyclic) bond motifs is 3. The van der Waals surface area contributed by atoms with Crippen LogP contribution in [0.2, 0.25) is 0 Å². The van der Waals surface area contributed by atoms with Gasteiger partial charge in [0, 0.05) is 12.1 Å². The van der Waals surface area contributed by atoms with E-state index >= 15 is 0 Å². The summed E-state index contributed by atoms with van der Waals surface area (Å²) in [6.45, 7) is 0.328.